The topological polar surface area (TPSA) is 12.5 Å². The molecule has 1 atom stereocenters. The highest BCUT2D eigenvalue weighted by molar-refractivity contribution is 5.41. The van der Waals surface area contributed by atoms with Crippen molar-refractivity contribution in [2.75, 3.05) is 19.6 Å². The second-order valence-corrected chi connectivity index (χ2v) is 4.95. The fourth-order valence-electron chi connectivity index (χ4n) is 2.78. The van der Waals surface area contributed by atoms with E-state index in [2.05, 4.69) is 29.2 Å². The Balaban J connectivity index is 0.000000637. The maximum atomic E-state index is 5.54. The predicted octanol–water partition coefficient (Wildman–Crippen LogP) is 4.19. The average Bonchev–Trinajstić information content (AvgIpc) is 2.51. The third-order valence-electron chi connectivity index (χ3n) is 3.73. The maximum absolute atomic E-state index is 5.54. The molecule has 0 saturated carbocycles. The molecule has 0 amide bonds. The Kier molecular flexibility index (Phi) is 5.46. The van der Waals surface area contributed by atoms with Gasteiger partial charge in [-0.05, 0) is 38.1 Å². The van der Waals surface area contributed by atoms with E-state index in [9.17, 15) is 0 Å². The summed E-state index contributed by atoms with van der Waals surface area (Å²) in [6, 6.07) is 8.38. The van der Waals surface area contributed by atoms with Crippen molar-refractivity contribution in [3.05, 3.63) is 42.2 Å². The lowest BCUT2D eigenvalue weighted by atomic mass is 9.95. The molecule has 104 valence electrons. The molecule has 2 aliphatic rings. The lowest BCUT2D eigenvalue weighted by molar-refractivity contribution is 0.221. The molecule has 1 aromatic carbocycles. The Hall–Kier alpha value is -1.28. The Morgan fingerprint density at radius 1 is 1.11 bits per heavy atom. The van der Waals surface area contributed by atoms with E-state index >= 15 is 0 Å². The van der Waals surface area contributed by atoms with Gasteiger partial charge in [0.05, 0.1) is 6.26 Å². The molecule has 2 aliphatic heterocycles. The van der Waals surface area contributed by atoms with Crippen LogP contribution in [0, 0.1) is 0 Å². The molecule has 2 heterocycles. The summed E-state index contributed by atoms with van der Waals surface area (Å²) < 4.78 is 5.54. The zero-order valence-electron chi connectivity index (χ0n) is 12.1. The minimum absolute atomic E-state index is 0.498. The molecule has 1 unspecified atom stereocenters. The molecular weight excluding hydrogens is 234 g/mol. The first-order valence-electron chi connectivity index (χ1n) is 7.58. The number of fused-ring (bicyclic) bond motifs is 1. The van der Waals surface area contributed by atoms with Crippen LogP contribution < -0.4 is 4.74 Å². The summed E-state index contributed by atoms with van der Waals surface area (Å²) in [4.78, 5) is 2.58. The van der Waals surface area contributed by atoms with Crippen molar-refractivity contribution < 1.29 is 4.74 Å². The minimum Gasteiger partial charge on any atom is -0.465 e. The van der Waals surface area contributed by atoms with E-state index in [1.54, 1.807) is 0 Å². The third-order valence-corrected chi connectivity index (χ3v) is 3.73. The summed E-state index contributed by atoms with van der Waals surface area (Å²) >= 11 is 0. The highest BCUT2D eigenvalue weighted by Crippen LogP contribution is 2.32. The van der Waals surface area contributed by atoms with Crippen molar-refractivity contribution in [3.8, 4) is 5.75 Å². The molecule has 0 N–H and O–H groups in total. The van der Waals surface area contributed by atoms with Gasteiger partial charge in [0.2, 0.25) is 0 Å². The molecular formula is C17H25NO. The molecule has 3 rings (SSSR count). The Morgan fingerprint density at radius 2 is 1.84 bits per heavy atom. The largest absolute Gasteiger partial charge is 0.465 e. The van der Waals surface area contributed by atoms with Gasteiger partial charge in [0.25, 0.3) is 0 Å². The molecule has 0 spiro atoms. The number of likely N-dealkylation sites (tertiary alicyclic amines) is 1. The second kappa shape index (κ2) is 7.34. The van der Waals surface area contributed by atoms with Crippen LogP contribution in [0.2, 0.25) is 0 Å². The first kappa shape index (κ1) is 14.1. The van der Waals surface area contributed by atoms with E-state index < -0.39 is 0 Å². The van der Waals surface area contributed by atoms with Gasteiger partial charge >= 0.3 is 0 Å². The predicted molar refractivity (Wildman–Crippen MR) is 80.6 cm³/mol. The summed E-state index contributed by atoms with van der Waals surface area (Å²) in [6.45, 7) is 7.65. The Bertz CT molecular complexity index is 407. The maximum Gasteiger partial charge on any atom is 0.130 e. The summed E-state index contributed by atoms with van der Waals surface area (Å²) in [7, 11) is 0. The highest BCUT2D eigenvalue weighted by Gasteiger charge is 2.20. The van der Waals surface area contributed by atoms with E-state index in [0.29, 0.717) is 5.92 Å². The summed E-state index contributed by atoms with van der Waals surface area (Å²) in [6.07, 6.45) is 8.15. The molecule has 0 radical (unpaired) electrons. The molecule has 1 fully saturated rings. The quantitative estimate of drug-likeness (QED) is 0.789. The van der Waals surface area contributed by atoms with Crippen molar-refractivity contribution in [3.63, 3.8) is 0 Å². The molecule has 1 aromatic rings. The van der Waals surface area contributed by atoms with Crippen LogP contribution in [-0.2, 0) is 0 Å². The smallest absolute Gasteiger partial charge is 0.130 e. The van der Waals surface area contributed by atoms with Gasteiger partial charge in [0.15, 0.2) is 0 Å². The van der Waals surface area contributed by atoms with Crippen LogP contribution in [0.5, 0.6) is 5.75 Å². The van der Waals surface area contributed by atoms with Crippen molar-refractivity contribution in [1.29, 1.82) is 0 Å². The van der Waals surface area contributed by atoms with E-state index in [4.69, 9.17) is 4.74 Å². The van der Waals surface area contributed by atoms with Crippen molar-refractivity contribution >= 4 is 0 Å². The van der Waals surface area contributed by atoms with Gasteiger partial charge in [0.1, 0.15) is 5.75 Å². The van der Waals surface area contributed by atoms with E-state index in [0.717, 1.165) is 12.3 Å². The number of benzene rings is 1. The fraction of sp³-hybridized carbons (Fsp3) is 0.529. The van der Waals surface area contributed by atoms with Crippen LogP contribution in [0.4, 0.5) is 0 Å². The zero-order valence-corrected chi connectivity index (χ0v) is 12.1. The summed E-state index contributed by atoms with van der Waals surface area (Å²) in [5.41, 5.74) is 1.33. The number of rotatable bonds is 2. The lowest BCUT2D eigenvalue weighted by Gasteiger charge is -2.31. The normalized spacial score (nSPS) is 21.9. The number of ether oxygens (including phenoxy) is 1. The molecule has 2 nitrogen and oxygen atoms in total. The van der Waals surface area contributed by atoms with E-state index in [1.807, 2.05) is 26.2 Å². The standard InChI is InChI=1S/C15H19NO.C2H6/c1-4-9-16(10-5-1)12-13-8-11-17-15-7-3-2-6-14(13)15;1-2/h2-3,6-8,11,13H,1,4-5,9-10,12H2;1-2H3. The fourth-order valence-corrected chi connectivity index (χ4v) is 2.78. The van der Waals surface area contributed by atoms with Crippen LogP contribution in [-0.4, -0.2) is 24.5 Å². The van der Waals surface area contributed by atoms with Gasteiger partial charge in [-0.1, -0.05) is 38.5 Å². The number of hydrogen-bond donors (Lipinski definition) is 0. The first-order chi connectivity index (χ1) is 9.43. The van der Waals surface area contributed by atoms with E-state index in [-0.39, 0.29) is 0 Å². The van der Waals surface area contributed by atoms with E-state index in [1.165, 1.54) is 37.9 Å². The summed E-state index contributed by atoms with van der Waals surface area (Å²) in [5, 5.41) is 0. The lowest BCUT2D eigenvalue weighted by Crippen LogP contribution is -2.33. The molecule has 0 aromatic heterocycles. The molecule has 19 heavy (non-hydrogen) atoms. The number of para-hydroxylation sites is 1. The van der Waals surface area contributed by atoms with Gasteiger partial charge in [-0.3, -0.25) is 0 Å². The van der Waals surface area contributed by atoms with Crippen LogP contribution in [0.1, 0.15) is 44.6 Å². The third kappa shape index (κ3) is 3.60. The first-order valence-corrected chi connectivity index (χ1v) is 7.58. The number of piperidine rings is 1. The molecule has 0 aliphatic carbocycles. The van der Waals surface area contributed by atoms with Gasteiger partial charge in [0, 0.05) is 18.0 Å². The molecule has 2 heteroatoms. The van der Waals surface area contributed by atoms with Crippen molar-refractivity contribution in [2.24, 2.45) is 0 Å². The molecule has 0 bridgehead atoms. The van der Waals surface area contributed by atoms with Gasteiger partial charge in [-0.25, -0.2) is 0 Å². The van der Waals surface area contributed by atoms with Crippen LogP contribution in [0.25, 0.3) is 0 Å². The van der Waals surface area contributed by atoms with Crippen LogP contribution in [0.3, 0.4) is 0 Å². The van der Waals surface area contributed by atoms with Crippen LogP contribution in [0.15, 0.2) is 36.6 Å². The summed E-state index contributed by atoms with van der Waals surface area (Å²) in [5.74, 6) is 1.52. The van der Waals surface area contributed by atoms with Crippen LogP contribution >= 0.6 is 0 Å². The van der Waals surface area contributed by atoms with Gasteiger partial charge in [-0.2, -0.15) is 0 Å². The highest BCUT2D eigenvalue weighted by atomic mass is 16.5. The Morgan fingerprint density at radius 3 is 2.63 bits per heavy atom. The number of hydrogen-bond acceptors (Lipinski definition) is 2. The Labute approximate surface area is 117 Å². The SMILES string of the molecule is C1=CC(CN2CCCCC2)c2ccccc2O1.CC. The van der Waals surface area contributed by atoms with Crippen molar-refractivity contribution in [2.45, 2.75) is 39.0 Å². The second-order valence-electron chi connectivity index (χ2n) is 4.95. The number of nitrogens with zero attached hydrogens (tertiary/aromatic N) is 1. The monoisotopic (exact) mass is 259 g/mol. The average molecular weight is 259 g/mol. The van der Waals surface area contributed by atoms with Gasteiger partial charge < -0.3 is 9.64 Å². The van der Waals surface area contributed by atoms with Gasteiger partial charge in [-0.15, -0.1) is 0 Å². The zero-order chi connectivity index (χ0) is 13.5. The molecule has 1 saturated heterocycles. The minimum atomic E-state index is 0.498. The van der Waals surface area contributed by atoms with Crippen molar-refractivity contribution in [1.82, 2.24) is 4.90 Å².